The minimum Gasteiger partial charge on any atom is -0.443 e. The number of hydrogen-bond donors (Lipinski definition) is 0. The first kappa shape index (κ1) is 14.0. The molecule has 0 radical (unpaired) electrons. The number of hydrogen-bond acceptors (Lipinski definition) is 2. The SMILES string of the molecule is C=CC1=C(C(=C)Br)CCN1C(=O)OC(C)(C)C. The Morgan fingerprint density at radius 1 is 1.53 bits per heavy atom. The van der Waals surface area contributed by atoms with Gasteiger partial charge in [0.05, 0.1) is 5.70 Å². The first-order chi connectivity index (χ1) is 7.76. The maximum atomic E-state index is 12.0. The largest absolute Gasteiger partial charge is 0.443 e. The number of carbonyl (C=O) groups is 1. The maximum Gasteiger partial charge on any atom is 0.414 e. The highest BCUT2D eigenvalue weighted by atomic mass is 79.9. The monoisotopic (exact) mass is 299 g/mol. The molecule has 3 nitrogen and oxygen atoms in total. The molecule has 0 atom stereocenters. The second-order valence-electron chi connectivity index (χ2n) is 4.85. The predicted molar refractivity (Wildman–Crippen MR) is 72.8 cm³/mol. The average molecular weight is 300 g/mol. The van der Waals surface area contributed by atoms with Crippen molar-refractivity contribution in [3.63, 3.8) is 0 Å². The van der Waals surface area contributed by atoms with Crippen molar-refractivity contribution in [1.82, 2.24) is 4.90 Å². The van der Waals surface area contributed by atoms with Crippen molar-refractivity contribution in [2.45, 2.75) is 32.8 Å². The summed E-state index contributed by atoms with van der Waals surface area (Å²) >= 11 is 3.34. The van der Waals surface area contributed by atoms with Crippen LogP contribution in [0.25, 0.3) is 0 Å². The summed E-state index contributed by atoms with van der Waals surface area (Å²) in [5.41, 5.74) is 1.30. The van der Waals surface area contributed by atoms with Crippen molar-refractivity contribution in [2.24, 2.45) is 0 Å². The molecule has 0 spiro atoms. The first-order valence-electron chi connectivity index (χ1n) is 5.47. The normalized spacial score (nSPS) is 16.1. The van der Waals surface area contributed by atoms with Gasteiger partial charge in [-0.2, -0.15) is 0 Å². The van der Waals surface area contributed by atoms with Crippen LogP contribution in [0.4, 0.5) is 4.79 Å². The molecule has 0 N–H and O–H groups in total. The van der Waals surface area contributed by atoms with E-state index in [2.05, 4.69) is 29.1 Å². The number of nitrogens with zero attached hydrogens (tertiary/aromatic N) is 1. The second kappa shape index (κ2) is 5.08. The molecule has 1 heterocycles. The number of ether oxygens (including phenoxy) is 1. The van der Waals surface area contributed by atoms with Crippen LogP contribution < -0.4 is 0 Å². The molecule has 0 saturated carbocycles. The van der Waals surface area contributed by atoms with Gasteiger partial charge in [0.2, 0.25) is 0 Å². The van der Waals surface area contributed by atoms with E-state index >= 15 is 0 Å². The van der Waals surface area contributed by atoms with E-state index in [0.29, 0.717) is 6.54 Å². The molecule has 0 fully saturated rings. The molecular weight excluding hydrogens is 282 g/mol. The molecular formula is C13H18BrNO2. The van der Waals surface area contributed by atoms with E-state index in [1.165, 1.54) is 0 Å². The van der Waals surface area contributed by atoms with Crippen LogP contribution in [0.1, 0.15) is 27.2 Å². The van der Waals surface area contributed by atoms with Crippen LogP contribution in [0.3, 0.4) is 0 Å². The molecule has 0 aliphatic carbocycles. The fraction of sp³-hybridized carbons (Fsp3) is 0.462. The van der Waals surface area contributed by atoms with E-state index in [9.17, 15) is 4.79 Å². The summed E-state index contributed by atoms with van der Waals surface area (Å²) in [6.07, 6.45) is 2.10. The smallest absolute Gasteiger partial charge is 0.414 e. The molecule has 1 rings (SSSR count). The standard InChI is InChI=1S/C13H18BrNO2/c1-6-11-10(9(2)14)7-8-15(11)12(16)17-13(3,4)5/h6H,1-2,7-8H2,3-5H3. The molecule has 1 amide bonds. The Labute approximate surface area is 111 Å². The zero-order chi connectivity index (χ0) is 13.2. The molecule has 0 aromatic carbocycles. The molecule has 0 aromatic heterocycles. The average Bonchev–Trinajstić information content (AvgIpc) is 2.57. The quantitative estimate of drug-likeness (QED) is 0.772. The Morgan fingerprint density at radius 3 is 2.53 bits per heavy atom. The summed E-state index contributed by atoms with van der Waals surface area (Å²) in [6, 6.07) is 0. The third kappa shape index (κ3) is 3.46. The fourth-order valence-corrected chi connectivity index (χ4v) is 2.05. The van der Waals surface area contributed by atoms with Crippen LogP contribution >= 0.6 is 15.9 Å². The molecule has 0 bridgehead atoms. The second-order valence-corrected chi connectivity index (χ2v) is 5.81. The molecule has 17 heavy (non-hydrogen) atoms. The third-order valence-electron chi connectivity index (χ3n) is 2.32. The highest BCUT2D eigenvalue weighted by Crippen LogP contribution is 2.32. The zero-order valence-corrected chi connectivity index (χ0v) is 12.1. The Bertz CT molecular complexity index is 391. The minimum absolute atomic E-state index is 0.337. The number of halogens is 1. The van der Waals surface area contributed by atoms with Gasteiger partial charge in [0.1, 0.15) is 5.60 Å². The third-order valence-corrected chi connectivity index (χ3v) is 2.80. The van der Waals surface area contributed by atoms with Crippen molar-refractivity contribution in [1.29, 1.82) is 0 Å². The summed E-state index contributed by atoms with van der Waals surface area (Å²) in [6.45, 7) is 13.7. The molecule has 1 aliphatic rings. The van der Waals surface area contributed by atoms with Gasteiger partial charge in [-0.05, 0) is 38.8 Å². The van der Waals surface area contributed by atoms with Crippen LogP contribution in [-0.2, 0) is 4.74 Å². The van der Waals surface area contributed by atoms with Crippen LogP contribution in [0, 0.1) is 0 Å². The summed E-state index contributed by atoms with van der Waals surface area (Å²) in [5.74, 6) is 0. The van der Waals surface area contributed by atoms with Gasteiger partial charge in [-0.15, -0.1) is 0 Å². The van der Waals surface area contributed by atoms with Gasteiger partial charge in [0.15, 0.2) is 0 Å². The van der Waals surface area contributed by atoms with Crippen LogP contribution in [-0.4, -0.2) is 23.1 Å². The lowest BCUT2D eigenvalue weighted by atomic mass is 10.2. The van der Waals surface area contributed by atoms with Crippen molar-refractivity contribution in [2.75, 3.05) is 6.54 Å². The maximum absolute atomic E-state index is 12.0. The van der Waals surface area contributed by atoms with Crippen molar-refractivity contribution in [3.05, 3.63) is 35.0 Å². The van der Waals surface area contributed by atoms with E-state index in [1.54, 1.807) is 11.0 Å². The predicted octanol–water partition coefficient (Wildman–Crippen LogP) is 3.98. The summed E-state index contributed by atoms with van der Waals surface area (Å²) < 4.78 is 6.13. The topological polar surface area (TPSA) is 29.5 Å². The van der Waals surface area contributed by atoms with Gasteiger partial charge in [-0.3, -0.25) is 4.90 Å². The lowest BCUT2D eigenvalue weighted by Gasteiger charge is -2.25. The van der Waals surface area contributed by atoms with E-state index in [4.69, 9.17) is 4.74 Å². The van der Waals surface area contributed by atoms with Gasteiger partial charge in [-0.1, -0.05) is 29.1 Å². The van der Waals surface area contributed by atoms with Gasteiger partial charge < -0.3 is 4.74 Å². The van der Waals surface area contributed by atoms with E-state index < -0.39 is 5.60 Å². The molecule has 94 valence electrons. The van der Waals surface area contributed by atoms with Crippen LogP contribution in [0.5, 0.6) is 0 Å². The molecule has 4 heteroatoms. The van der Waals surface area contributed by atoms with Crippen molar-refractivity contribution in [3.8, 4) is 0 Å². The van der Waals surface area contributed by atoms with E-state index in [0.717, 1.165) is 22.2 Å². The van der Waals surface area contributed by atoms with E-state index in [1.807, 2.05) is 20.8 Å². The Kier molecular flexibility index (Phi) is 4.20. The first-order valence-corrected chi connectivity index (χ1v) is 6.26. The lowest BCUT2D eigenvalue weighted by molar-refractivity contribution is 0.0336. The fourth-order valence-electron chi connectivity index (χ4n) is 1.65. The highest BCUT2D eigenvalue weighted by Gasteiger charge is 2.29. The highest BCUT2D eigenvalue weighted by molar-refractivity contribution is 9.11. The Morgan fingerprint density at radius 2 is 2.12 bits per heavy atom. The molecule has 1 aliphatic heterocycles. The molecule has 0 aromatic rings. The number of carbonyl (C=O) groups excluding carboxylic acids is 1. The summed E-state index contributed by atoms with van der Waals surface area (Å²) in [7, 11) is 0. The summed E-state index contributed by atoms with van der Waals surface area (Å²) in [5, 5.41) is 0. The number of rotatable bonds is 2. The number of amides is 1. The molecule has 0 unspecified atom stereocenters. The van der Waals surface area contributed by atoms with Crippen LogP contribution in [0.15, 0.2) is 35.0 Å². The van der Waals surface area contributed by atoms with Crippen molar-refractivity contribution < 1.29 is 9.53 Å². The van der Waals surface area contributed by atoms with E-state index in [-0.39, 0.29) is 6.09 Å². The number of allylic oxidation sites excluding steroid dienone is 2. The van der Waals surface area contributed by atoms with Gasteiger partial charge >= 0.3 is 6.09 Å². The summed E-state index contributed by atoms with van der Waals surface area (Å²) in [4.78, 5) is 13.6. The van der Waals surface area contributed by atoms with Gasteiger partial charge in [0, 0.05) is 11.0 Å². The Balaban J connectivity index is 2.91. The van der Waals surface area contributed by atoms with Crippen molar-refractivity contribution >= 4 is 22.0 Å². The molecule has 0 saturated heterocycles. The van der Waals surface area contributed by atoms with Gasteiger partial charge in [-0.25, -0.2) is 4.79 Å². The van der Waals surface area contributed by atoms with Crippen LogP contribution in [0.2, 0.25) is 0 Å². The minimum atomic E-state index is -0.489. The zero-order valence-electron chi connectivity index (χ0n) is 10.5. The van der Waals surface area contributed by atoms with Gasteiger partial charge in [0.25, 0.3) is 0 Å². The Hall–Kier alpha value is -1.03. The lowest BCUT2D eigenvalue weighted by Crippen LogP contribution is -2.34.